The molecule has 0 saturated carbocycles. The third kappa shape index (κ3) is 2.03. The Hall–Kier alpha value is -2.30. The Balaban J connectivity index is 2.24. The van der Waals surface area contributed by atoms with E-state index in [1.807, 2.05) is 6.92 Å². The first-order valence-corrected chi connectivity index (χ1v) is 4.76. The molecule has 3 N–H and O–H groups in total. The van der Waals surface area contributed by atoms with Gasteiger partial charge >= 0.3 is 0 Å². The van der Waals surface area contributed by atoms with Crippen LogP contribution in [0.15, 0.2) is 30.6 Å². The van der Waals surface area contributed by atoms with Crippen molar-refractivity contribution in [2.45, 2.75) is 6.92 Å². The summed E-state index contributed by atoms with van der Waals surface area (Å²) in [6, 6.07) is 4.67. The number of carbonyl (C=O) groups is 1. The molecule has 1 amide bonds. The average Bonchev–Trinajstić information content (AvgIpc) is 2.74. The van der Waals surface area contributed by atoms with E-state index in [1.165, 1.54) is 12.3 Å². The number of hydrogen-bond acceptors (Lipinski definition) is 3. The topological polar surface area (TPSA) is 78.0 Å². The standard InChI is InChI=1S/C11H11N3O2/c1-7-2-3-9(15)4-10(7)11(16)14-8-5-12-13-6-8/h2-6,15H,1H3,(H,12,13)(H,14,16). The quantitative estimate of drug-likeness (QED) is 0.716. The fraction of sp³-hybridized carbons (Fsp3) is 0.0909. The highest BCUT2D eigenvalue weighted by atomic mass is 16.3. The van der Waals surface area contributed by atoms with Gasteiger partial charge in [-0.3, -0.25) is 9.89 Å². The average molecular weight is 217 g/mol. The van der Waals surface area contributed by atoms with Crippen molar-refractivity contribution in [2.24, 2.45) is 0 Å². The van der Waals surface area contributed by atoms with Crippen molar-refractivity contribution in [3.63, 3.8) is 0 Å². The van der Waals surface area contributed by atoms with Crippen molar-refractivity contribution in [1.29, 1.82) is 0 Å². The molecule has 2 aromatic rings. The molecule has 5 nitrogen and oxygen atoms in total. The first-order valence-electron chi connectivity index (χ1n) is 4.76. The van der Waals surface area contributed by atoms with Crippen LogP contribution in [0.5, 0.6) is 5.75 Å². The second-order valence-electron chi connectivity index (χ2n) is 3.44. The minimum atomic E-state index is -0.269. The number of aromatic hydroxyl groups is 1. The van der Waals surface area contributed by atoms with Gasteiger partial charge in [0.1, 0.15) is 5.75 Å². The first-order chi connectivity index (χ1) is 7.66. The maximum atomic E-state index is 11.8. The molecule has 0 spiro atoms. The largest absolute Gasteiger partial charge is 0.508 e. The highest BCUT2D eigenvalue weighted by Gasteiger charge is 2.10. The van der Waals surface area contributed by atoms with Gasteiger partial charge in [-0.1, -0.05) is 6.07 Å². The maximum Gasteiger partial charge on any atom is 0.256 e. The Morgan fingerprint density at radius 2 is 2.31 bits per heavy atom. The predicted molar refractivity (Wildman–Crippen MR) is 59.4 cm³/mol. The number of H-pyrrole nitrogens is 1. The molecule has 0 aliphatic heterocycles. The van der Waals surface area contributed by atoms with E-state index in [-0.39, 0.29) is 11.7 Å². The van der Waals surface area contributed by atoms with Crippen LogP contribution in [-0.4, -0.2) is 21.2 Å². The summed E-state index contributed by atoms with van der Waals surface area (Å²) in [7, 11) is 0. The van der Waals surface area contributed by atoms with Crippen molar-refractivity contribution in [1.82, 2.24) is 10.2 Å². The second kappa shape index (κ2) is 4.06. The van der Waals surface area contributed by atoms with Gasteiger partial charge in [-0.15, -0.1) is 0 Å². The Morgan fingerprint density at radius 1 is 1.50 bits per heavy atom. The van der Waals surface area contributed by atoms with E-state index in [9.17, 15) is 9.90 Å². The molecule has 2 rings (SSSR count). The number of carbonyl (C=O) groups excluding carboxylic acids is 1. The molecule has 1 aromatic heterocycles. The lowest BCUT2D eigenvalue weighted by atomic mass is 10.1. The predicted octanol–water partition coefficient (Wildman–Crippen LogP) is 1.68. The number of aromatic amines is 1. The highest BCUT2D eigenvalue weighted by Crippen LogP contribution is 2.17. The van der Waals surface area contributed by atoms with E-state index in [2.05, 4.69) is 15.5 Å². The summed E-state index contributed by atoms with van der Waals surface area (Å²) in [6.45, 7) is 1.81. The van der Waals surface area contributed by atoms with Crippen LogP contribution >= 0.6 is 0 Å². The molecular weight excluding hydrogens is 206 g/mol. The smallest absolute Gasteiger partial charge is 0.256 e. The first kappa shape index (κ1) is 10.2. The summed E-state index contributed by atoms with van der Waals surface area (Å²) in [6.07, 6.45) is 3.09. The minimum Gasteiger partial charge on any atom is -0.508 e. The van der Waals surface area contributed by atoms with Gasteiger partial charge in [0, 0.05) is 11.8 Å². The molecule has 82 valence electrons. The molecule has 0 saturated heterocycles. The van der Waals surface area contributed by atoms with Crippen molar-refractivity contribution in [2.75, 3.05) is 5.32 Å². The Kier molecular flexibility index (Phi) is 2.59. The van der Waals surface area contributed by atoms with Crippen molar-refractivity contribution in [3.8, 4) is 5.75 Å². The molecule has 1 aromatic carbocycles. The van der Waals surface area contributed by atoms with Gasteiger partial charge in [-0.05, 0) is 24.6 Å². The number of amides is 1. The zero-order valence-corrected chi connectivity index (χ0v) is 8.69. The molecule has 0 unspecified atom stereocenters. The van der Waals surface area contributed by atoms with Crippen LogP contribution in [0.25, 0.3) is 0 Å². The Bertz CT molecular complexity index is 506. The van der Waals surface area contributed by atoms with Gasteiger partial charge in [0.25, 0.3) is 5.91 Å². The van der Waals surface area contributed by atoms with Crippen LogP contribution in [0.3, 0.4) is 0 Å². The van der Waals surface area contributed by atoms with Crippen LogP contribution in [0.4, 0.5) is 5.69 Å². The molecule has 0 fully saturated rings. The second-order valence-corrected chi connectivity index (χ2v) is 3.44. The van der Waals surface area contributed by atoms with Crippen molar-refractivity contribution < 1.29 is 9.90 Å². The zero-order valence-electron chi connectivity index (χ0n) is 8.69. The van der Waals surface area contributed by atoms with Gasteiger partial charge < -0.3 is 10.4 Å². The van der Waals surface area contributed by atoms with E-state index in [0.29, 0.717) is 11.3 Å². The van der Waals surface area contributed by atoms with Crippen LogP contribution in [0.2, 0.25) is 0 Å². The van der Waals surface area contributed by atoms with E-state index < -0.39 is 0 Å². The SMILES string of the molecule is Cc1ccc(O)cc1C(=O)Nc1cn[nH]c1. The number of anilines is 1. The lowest BCUT2D eigenvalue weighted by Crippen LogP contribution is -2.12. The number of nitrogens with one attached hydrogen (secondary N) is 2. The van der Waals surface area contributed by atoms with E-state index in [0.717, 1.165) is 5.56 Å². The molecule has 0 bridgehead atoms. The highest BCUT2D eigenvalue weighted by molar-refractivity contribution is 6.05. The van der Waals surface area contributed by atoms with Crippen molar-refractivity contribution in [3.05, 3.63) is 41.7 Å². The number of phenols is 1. The fourth-order valence-corrected chi connectivity index (χ4v) is 1.37. The molecule has 0 aliphatic carbocycles. The van der Waals surface area contributed by atoms with Gasteiger partial charge in [-0.25, -0.2) is 0 Å². The fourth-order valence-electron chi connectivity index (χ4n) is 1.37. The van der Waals surface area contributed by atoms with Gasteiger partial charge in [0.05, 0.1) is 11.9 Å². The number of hydrogen-bond donors (Lipinski definition) is 3. The summed E-state index contributed by atoms with van der Waals surface area (Å²) in [5.41, 5.74) is 1.84. The minimum absolute atomic E-state index is 0.0722. The third-order valence-corrected chi connectivity index (χ3v) is 2.22. The molecule has 0 aliphatic rings. The zero-order chi connectivity index (χ0) is 11.5. The number of aryl methyl sites for hydroxylation is 1. The van der Waals surface area contributed by atoms with Gasteiger partial charge in [-0.2, -0.15) is 5.10 Å². The summed E-state index contributed by atoms with van der Waals surface area (Å²) in [4.78, 5) is 11.8. The maximum absolute atomic E-state index is 11.8. The molecule has 16 heavy (non-hydrogen) atoms. The Morgan fingerprint density at radius 3 is 3.00 bits per heavy atom. The number of aromatic nitrogens is 2. The number of phenolic OH excluding ortho intramolecular Hbond substituents is 1. The number of rotatable bonds is 2. The van der Waals surface area contributed by atoms with Crippen LogP contribution in [0, 0.1) is 6.92 Å². The van der Waals surface area contributed by atoms with Crippen LogP contribution in [0.1, 0.15) is 15.9 Å². The summed E-state index contributed by atoms with van der Waals surface area (Å²) >= 11 is 0. The van der Waals surface area contributed by atoms with E-state index >= 15 is 0 Å². The number of benzene rings is 1. The molecule has 1 heterocycles. The Labute approximate surface area is 92.1 Å². The van der Waals surface area contributed by atoms with E-state index in [4.69, 9.17) is 0 Å². The lowest BCUT2D eigenvalue weighted by Gasteiger charge is -2.06. The molecular formula is C11H11N3O2. The summed E-state index contributed by atoms with van der Waals surface area (Å²) < 4.78 is 0. The molecule has 0 radical (unpaired) electrons. The number of nitrogens with zero attached hydrogens (tertiary/aromatic N) is 1. The summed E-state index contributed by atoms with van der Waals surface area (Å²) in [5.74, 6) is -0.197. The van der Waals surface area contributed by atoms with Crippen LogP contribution in [-0.2, 0) is 0 Å². The molecule has 0 atom stereocenters. The van der Waals surface area contributed by atoms with Crippen molar-refractivity contribution >= 4 is 11.6 Å². The van der Waals surface area contributed by atoms with Gasteiger partial charge in [0.2, 0.25) is 0 Å². The summed E-state index contributed by atoms with van der Waals surface area (Å²) in [5, 5.41) is 18.3. The monoisotopic (exact) mass is 217 g/mol. The van der Waals surface area contributed by atoms with E-state index in [1.54, 1.807) is 18.3 Å². The van der Waals surface area contributed by atoms with Crippen LogP contribution < -0.4 is 5.32 Å². The normalized spacial score (nSPS) is 10.1. The van der Waals surface area contributed by atoms with Gasteiger partial charge in [0.15, 0.2) is 0 Å². The third-order valence-electron chi connectivity index (χ3n) is 2.22. The lowest BCUT2D eigenvalue weighted by molar-refractivity contribution is 0.102. The molecule has 5 heteroatoms.